The van der Waals surface area contributed by atoms with Gasteiger partial charge in [0, 0.05) is 37.7 Å². The van der Waals surface area contributed by atoms with E-state index in [1.165, 1.54) is 4.31 Å². The highest BCUT2D eigenvalue weighted by Crippen LogP contribution is 2.11. The molecule has 0 bridgehead atoms. The molecule has 1 saturated heterocycles. The highest BCUT2D eigenvalue weighted by Gasteiger charge is 2.28. The highest BCUT2D eigenvalue weighted by atomic mass is 35.5. The molecule has 1 fully saturated rings. The van der Waals surface area contributed by atoms with Crippen molar-refractivity contribution in [2.75, 3.05) is 26.2 Å². The van der Waals surface area contributed by atoms with Gasteiger partial charge in [0.2, 0.25) is 5.91 Å². The van der Waals surface area contributed by atoms with E-state index >= 15 is 0 Å². The van der Waals surface area contributed by atoms with Crippen LogP contribution in [-0.2, 0) is 21.5 Å². The first-order valence-corrected chi connectivity index (χ1v) is 9.19. The minimum atomic E-state index is -3.65. The lowest BCUT2D eigenvalue weighted by molar-refractivity contribution is -0.126. The fourth-order valence-electron chi connectivity index (χ4n) is 2.45. The maximum absolute atomic E-state index is 12.2. The summed E-state index contributed by atoms with van der Waals surface area (Å²) >= 11 is 5.82. The number of nitrogens with two attached hydrogens (primary N) is 1. The van der Waals surface area contributed by atoms with Crippen molar-refractivity contribution < 1.29 is 13.2 Å². The van der Waals surface area contributed by atoms with E-state index in [0.29, 0.717) is 37.7 Å². The second-order valence-corrected chi connectivity index (χ2v) is 7.48. The molecule has 1 aromatic carbocycles. The number of hydrogen-bond acceptors (Lipinski definition) is 4. The largest absolute Gasteiger partial charge is 0.351 e. The Labute approximate surface area is 141 Å². The van der Waals surface area contributed by atoms with Gasteiger partial charge >= 0.3 is 0 Å². The fourth-order valence-corrected chi connectivity index (χ4v) is 3.25. The second kappa shape index (κ2) is 7.59. The van der Waals surface area contributed by atoms with Crippen molar-refractivity contribution in [3.8, 4) is 0 Å². The van der Waals surface area contributed by atoms with Gasteiger partial charge in [0.1, 0.15) is 0 Å². The first kappa shape index (κ1) is 18.2. The van der Waals surface area contributed by atoms with E-state index in [-0.39, 0.29) is 11.9 Å². The van der Waals surface area contributed by atoms with Gasteiger partial charge in [-0.2, -0.15) is 12.7 Å². The Morgan fingerprint density at radius 3 is 2.35 bits per heavy atom. The Morgan fingerprint density at radius 1 is 1.26 bits per heavy atom. The van der Waals surface area contributed by atoms with Gasteiger partial charge in [0.25, 0.3) is 10.2 Å². The molecule has 1 amide bonds. The van der Waals surface area contributed by atoms with E-state index in [2.05, 4.69) is 5.32 Å². The summed E-state index contributed by atoms with van der Waals surface area (Å²) in [5.74, 6) is -0.0935. The highest BCUT2D eigenvalue weighted by molar-refractivity contribution is 7.86. The van der Waals surface area contributed by atoms with Gasteiger partial charge in [-0.15, -0.1) is 0 Å². The van der Waals surface area contributed by atoms with Crippen LogP contribution < -0.4 is 10.5 Å². The summed E-state index contributed by atoms with van der Waals surface area (Å²) in [7, 11) is -3.65. The minimum Gasteiger partial charge on any atom is -0.351 e. The zero-order valence-corrected chi connectivity index (χ0v) is 14.5. The van der Waals surface area contributed by atoms with Crippen LogP contribution in [-0.4, -0.2) is 55.8 Å². The summed E-state index contributed by atoms with van der Waals surface area (Å²) in [6.07, 6.45) is 0. The average molecular weight is 361 g/mol. The topological polar surface area (TPSA) is 95.7 Å². The molecule has 0 saturated carbocycles. The van der Waals surface area contributed by atoms with Gasteiger partial charge in [0.15, 0.2) is 0 Å². The number of benzene rings is 1. The van der Waals surface area contributed by atoms with Gasteiger partial charge in [0.05, 0.1) is 6.04 Å². The van der Waals surface area contributed by atoms with Crippen molar-refractivity contribution in [1.29, 1.82) is 0 Å². The van der Waals surface area contributed by atoms with Crippen LogP contribution in [0.15, 0.2) is 24.3 Å². The lowest BCUT2D eigenvalue weighted by Crippen LogP contribution is -2.55. The molecule has 1 aromatic rings. The van der Waals surface area contributed by atoms with Crippen molar-refractivity contribution in [2.24, 2.45) is 5.14 Å². The summed E-state index contributed by atoms with van der Waals surface area (Å²) in [5, 5.41) is 8.64. The zero-order valence-electron chi connectivity index (χ0n) is 12.9. The van der Waals surface area contributed by atoms with Crippen molar-refractivity contribution in [1.82, 2.24) is 14.5 Å². The molecule has 1 aliphatic heterocycles. The van der Waals surface area contributed by atoms with Crippen molar-refractivity contribution in [3.63, 3.8) is 0 Å². The van der Waals surface area contributed by atoms with Crippen LogP contribution in [0.5, 0.6) is 0 Å². The predicted octanol–water partition coefficient (Wildman–Crippen LogP) is 0.166. The van der Waals surface area contributed by atoms with Crippen molar-refractivity contribution in [2.45, 2.75) is 19.5 Å². The van der Waals surface area contributed by atoms with Gasteiger partial charge < -0.3 is 5.32 Å². The van der Waals surface area contributed by atoms with E-state index < -0.39 is 10.2 Å². The molecule has 1 atom stereocenters. The van der Waals surface area contributed by atoms with Crippen LogP contribution in [0.2, 0.25) is 5.02 Å². The molecule has 9 heteroatoms. The number of rotatable bonds is 5. The molecule has 0 aromatic heterocycles. The normalized spacial score (nSPS) is 18.6. The van der Waals surface area contributed by atoms with Crippen LogP contribution in [0.25, 0.3) is 0 Å². The molecule has 0 aliphatic carbocycles. The van der Waals surface area contributed by atoms with Gasteiger partial charge in [-0.05, 0) is 24.6 Å². The molecule has 0 radical (unpaired) electrons. The maximum Gasteiger partial charge on any atom is 0.276 e. The van der Waals surface area contributed by atoms with Crippen molar-refractivity contribution >= 4 is 27.7 Å². The number of piperazine rings is 1. The lowest BCUT2D eigenvalue weighted by Gasteiger charge is -2.35. The van der Waals surface area contributed by atoms with Crippen LogP contribution in [0, 0.1) is 0 Å². The SMILES string of the molecule is CC(C(=O)NCc1ccc(Cl)cc1)N1CCN(S(N)(=O)=O)CC1. The van der Waals surface area contributed by atoms with Gasteiger partial charge in [-0.25, -0.2) is 5.14 Å². The average Bonchev–Trinajstić information content (AvgIpc) is 2.52. The number of amides is 1. The molecule has 1 unspecified atom stereocenters. The van der Waals surface area contributed by atoms with E-state index in [4.69, 9.17) is 16.7 Å². The number of carbonyl (C=O) groups is 1. The number of halogens is 1. The lowest BCUT2D eigenvalue weighted by atomic mass is 10.2. The predicted molar refractivity (Wildman–Crippen MR) is 89.0 cm³/mol. The summed E-state index contributed by atoms with van der Waals surface area (Å²) in [6.45, 7) is 3.79. The molecule has 128 valence electrons. The Bertz CT molecular complexity index is 642. The number of nitrogens with zero attached hydrogens (tertiary/aromatic N) is 2. The van der Waals surface area contributed by atoms with E-state index in [1.807, 2.05) is 24.0 Å². The summed E-state index contributed by atoms with van der Waals surface area (Å²) in [4.78, 5) is 14.2. The quantitative estimate of drug-likeness (QED) is 0.782. The number of nitrogens with one attached hydrogen (secondary N) is 1. The van der Waals surface area contributed by atoms with Gasteiger partial charge in [-0.1, -0.05) is 23.7 Å². The molecule has 3 N–H and O–H groups in total. The van der Waals surface area contributed by atoms with Crippen LogP contribution in [0.1, 0.15) is 12.5 Å². The molecule has 7 nitrogen and oxygen atoms in total. The first-order valence-electron chi connectivity index (χ1n) is 7.31. The maximum atomic E-state index is 12.2. The van der Waals surface area contributed by atoms with Crippen LogP contribution in [0.4, 0.5) is 0 Å². The summed E-state index contributed by atoms with van der Waals surface area (Å²) in [5.41, 5.74) is 0.967. The molecule has 23 heavy (non-hydrogen) atoms. The molecule has 2 rings (SSSR count). The van der Waals surface area contributed by atoms with Crippen LogP contribution >= 0.6 is 11.6 Å². The third-order valence-electron chi connectivity index (χ3n) is 3.94. The standard InChI is InChI=1S/C14H21ClN4O3S/c1-11(18-6-8-19(9-7-18)23(16,21)22)14(20)17-10-12-2-4-13(15)5-3-12/h2-5,11H,6-10H2,1H3,(H,17,20)(H2,16,21,22). The summed E-state index contributed by atoms with van der Waals surface area (Å²) in [6, 6.07) is 6.94. The van der Waals surface area contributed by atoms with E-state index in [0.717, 1.165) is 5.56 Å². The van der Waals surface area contributed by atoms with E-state index in [1.54, 1.807) is 12.1 Å². The third kappa shape index (κ3) is 5.15. The third-order valence-corrected chi connectivity index (χ3v) is 5.28. The number of carbonyl (C=O) groups excluding carboxylic acids is 1. The molecule has 1 heterocycles. The molecule has 1 aliphatic rings. The second-order valence-electron chi connectivity index (χ2n) is 5.50. The minimum absolute atomic E-state index is 0.0935. The zero-order chi connectivity index (χ0) is 17.0. The smallest absolute Gasteiger partial charge is 0.276 e. The Hall–Kier alpha value is -1.19. The Balaban J connectivity index is 1.82. The van der Waals surface area contributed by atoms with Crippen molar-refractivity contribution in [3.05, 3.63) is 34.9 Å². The van der Waals surface area contributed by atoms with Crippen LogP contribution in [0.3, 0.4) is 0 Å². The Morgan fingerprint density at radius 2 is 1.83 bits per heavy atom. The molecule has 0 spiro atoms. The molecular formula is C14H21ClN4O3S. The van der Waals surface area contributed by atoms with E-state index in [9.17, 15) is 13.2 Å². The fraction of sp³-hybridized carbons (Fsp3) is 0.500. The molecular weight excluding hydrogens is 340 g/mol. The Kier molecular flexibility index (Phi) is 5.99. The summed E-state index contributed by atoms with van der Waals surface area (Å²) < 4.78 is 23.8. The first-order chi connectivity index (χ1) is 10.8. The number of hydrogen-bond donors (Lipinski definition) is 2. The monoisotopic (exact) mass is 360 g/mol. The van der Waals surface area contributed by atoms with Gasteiger partial charge in [-0.3, -0.25) is 9.69 Å².